The fraction of sp³-hybridized carbons (Fsp3) is 0.304. The molecule has 3 aromatic rings. The lowest BCUT2D eigenvalue weighted by atomic mass is 10.1. The Morgan fingerprint density at radius 1 is 1.07 bits per heavy atom. The Balaban J connectivity index is 1.17. The van der Waals surface area contributed by atoms with Crippen LogP contribution in [0, 0.1) is 5.92 Å². The average molecular weight is 373 g/mol. The van der Waals surface area contributed by atoms with Gasteiger partial charge in [-0.2, -0.15) is 0 Å². The maximum absolute atomic E-state index is 12.5. The summed E-state index contributed by atoms with van der Waals surface area (Å²) in [4.78, 5) is 16.4. The van der Waals surface area contributed by atoms with Gasteiger partial charge in [0.1, 0.15) is 0 Å². The molecule has 2 fully saturated rings. The number of hydrogen-bond acceptors (Lipinski definition) is 4. The van der Waals surface area contributed by atoms with Crippen LogP contribution in [0.3, 0.4) is 0 Å². The molecule has 2 N–H and O–H groups in total. The molecule has 0 spiro atoms. The van der Waals surface area contributed by atoms with Gasteiger partial charge >= 0.3 is 0 Å². The number of aromatic nitrogens is 1. The van der Waals surface area contributed by atoms with Gasteiger partial charge in [0, 0.05) is 28.8 Å². The SMILES string of the molecule is O=C(Nc1ccc([C@@H]2C[C@H]2NCC2CC2)cc1)c1ccc(-c2cnco2)cc1. The van der Waals surface area contributed by atoms with Crippen molar-refractivity contribution >= 4 is 11.6 Å². The number of nitrogens with zero attached hydrogens (tertiary/aromatic N) is 1. The van der Waals surface area contributed by atoms with Crippen LogP contribution in [-0.4, -0.2) is 23.5 Å². The number of oxazole rings is 1. The van der Waals surface area contributed by atoms with Gasteiger partial charge in [0.05, 0.1) is 6.20 Å². The van der Waals surface area contributed by atoms with E-state index in [2.05, 4.69) is 27.8 Å². The topological polar surface area (TPSA) is 67.2 Å². The number of amides is 1. The zero-order valence-corrected chi connectivity index (χ0v) is 15.6. The van der Waals surface area contributed by atoms with Crippen molar-refractivity contribution in [3.63, 3.8) is 0 Å². The maximum Gasteiger partial charge on any atom is 0.255 e. The molecule has 1 aromatic heterocycles. The highest BCUT2D eigenvalue weighted by atomic mass is 16.3. The number of rotatable bonds is 7. The van der Waals surface area contributed by atoms with Crippen LogP contribution < -0.4 is 10.6 Å². The summed E-state index contributed by atoms with van der Waals surface area (Å²) in [5.74, 6) is 2.11. The van der Waals surface area contributed by atoms with E-state index in [9.17, 15) is 4.79 Å². The highest BCUT2D eigenvalue weighted by Crippen LogP contribution is 2.41. The maximum atomic E-state index is 12.5. The van der Waals surface area contributed by atoms with Gasteiger partial charge < -0.3 is 15.1 Å². The van der Waals surface area contributed by atoms with E-state index < -0.39 is 0 Å². The number of hydrogen-bond donors (Lipinski definition) is 2. The predicted octanol–water partition coefficient (Wildman–Crippen LogP) is 4.45. The second-order valence-corrected chi connectivity index (χ2v) is 7.82. The zero-order valence-electron chi connectivity index (χ0n) is 15.6. The van der Waals surface area contributed by atoms with Crippen molar-refractivity contribution in [3.8, 4) is 11.3 Å². The first kappa shape index (κ1) is 17.2. The summed E-state index contributed by atoms with van der Waals surface area (Å²) >= 11 is 0. The molecule has 1 heterocycles. The van der Waals surface area contributed by atoms with E-state index in [1.807, 2.05) is 24.3 Å². The summed E-state index contributed by atoms with van der Waals surface area (Å²) in [5.41, 5.74) is 3.67. The Morgan fingerprint density at radius 3 is 2.54 bits per heavy atom. The molecule has 5 nitrogen and oxygen atoms in total. The molecule has 2 aromatic carbocycles. The molecule has 28 heavy (non-hydrogen) atoms. The van der Waals surface area contributed by atoms with Crippen LogP contribution in [-0.2, 0) is 0 Å². The molecule has 2 aliphatic carbocycles. The monoisotopic (exact) mass is 373 g/mol. The quantitative estimate of drug-likeness (QED) is 0.642. The van der Waals surface area contributed by atoms with Gasteiger partial charge in [-0.3, -0.25) is 4.79 Å². The number of carbonyl (C=O) groups excluding carboxylic acids is 1. The van der Waals surface area contributed by atoms with Crippen molar-refractivity contribution in [2.24, 2.45) is 5.92 Å². The van der Waals surface area contributed by atoms with E-state index in [-0.39, 0.29) is 5.91 Å². The lowest BCUT2D eigenvalue weighted by Crippen LogP contribution is -2.20. The van der Waals surface area contributed by atoms with Gasteiger partial charge in [0.2, 0.25) is 0 Å². The zero-order chi connectivity index (χ0) is 18.9. The molecular formula is C23H23N3O2. The molecule has 142 valence electrons. The van der Waals surface area contributed by atoms with Crippen LogP contribution in [0.25, 0.3) is 11.3 Å². The first-order valence-electron chi connectivity index (χ1n) is 9.90. The molecule has 0 radical (unpaired) electrons. The lowest BCUT2D eigenvalue weighted by molar-refractivity contribution is 0.102. The smallest absolute Gasteiger partial charge is 0.255 e. The minimum atomic E-state index is -0.118. The molecular weight excluding hydrogens is 350 g/mol. The molecule has 2 aliphatic rings. The summed E-state index contributed by atoms with van der Waals surface area (Å²) in [6.07, 6.45) is 7.05. The third-order valence-electron chi connectivity index (χ3n) is 5.62. The van der Waals surface area contributed by atoms with Gasteiger partial charge in [0.15, 0.2) is 12.2 Å². The fourth-order valence-electron chi connectivity index (χ4n) is 3.59. The summed E-state index contributed by atoms with van der Waals surface area (Å²) in [5, 5.41) is 6.64. The molecule has 0 saturated heterocycles. The summed E-state index contributed by atoms with van der Waals surface area (Å²) in [7, 11) is 0. The molecule has 0 aliphatic heterocycles. The highest BCUT2D eigenvalue weighted by molar-refractivity contribution is 6.04. The molecule has 2 saturated carbocycles. The fourth-order valence-corrected chi connectivity index (χ4v) is 3.59. The van der Waals surface area contributed by atoms with E-state index in [0.717, 1.165) is 17.2 Å². The van der Waals surface area contributed by atoms with Crippen LogP contribution >= 0.6 is 0 Å². The van der Waals surface area contributed by atoms with Crippen molar-refractivity contribution in [2.45, 2.75) is 31.2 Å². The van der Waals surface area contributed by atoms with Crippen LogP contribution in [0.1, 0.15) is 41.1 Å². The van der Waals surface area contributed by atoms with Crippen molar-refractivity contribution in [3.05, 3.63) is 72.2 Å². The Hall–Kier alpha value is -2.92. The van der Waals surface area contributed by atoms with Crippen LogP contribution in [0.2, 0.25) is 0 Å². The second-order valence-electron chi connectivity index (χ2n) is 7.82. The van der Waals surface area contributed by atoms with Gasteiger partial charge in [-0.05, 0) is 61.6 Å². The lowest BCUT2D eigenvalue weighted by Gasteiger charge is -2.08. The van der Waals surface area contributed by atoms with Crippen molar-refractivity contribution in [1.82, 2.24) is 10.3 Å². The van der Waals surface area contributed by atoms with Crippen LogP contribution in [0.15, 0.2) is 65.5 Å². The Labute approximate surface area is 164 Å². The van der Waals surface area contributed by atoms with Crippen molar-refractivity contribution in [1.29, 1.82) is 0 Å². The second kappa shape index (κ2) is 7.24. The molecule has 5 heteroatoms. The van der Waals surface area contributed by atoms with Crippen LogP contribution in [0.5, 0.6) is 0 Å². The normalized spacial score (nSPS) is 20.7. The van der Waals surface area contributed by atoms with Gasteiger partial charge in [-0.1, -0.05) is 24.3 Å². The largest absolute Gasteiger partial charge is 0.444 e. The minimum absolute atomic E-state index is 0.118. The third-order valence-corrected chi connectivity index (χ3v) is 5.62. The number of nitrogens with one attached hydrogen (secondary N) is 2. The first-order valence-corrected chi connectivity index (χ1v) is 9.90. The number of benzene rings is 2. The first-order chi connectivity index (χ1) is 13.8. The van der Waals surface area contributed by atoms with Gasteiger partial charge in [-0.25, -0.2) is 4.98 Å². The molecule has 2 atom stereocenters. The van der Waals surface area contributed by atoms with Gasteiger partial charge in [0.25, 0.3) is 5.91 Å². The molecule has 0 unspecified atom stereocenters. The molecule has 0 bridgehead atoms. The predicted molar refractivity (Wildman–Crippen MR) is 108 cm³/mol. The van der Waals surface area contributed by atoms with Gasteiger partial charge in [-0.15, -0.1) is 0 Å². The summed E-state index contributed by atoms with van der Waals surface area (Å²) in [6.45, 7) is 1.17. The Morgan fingerprint density at radius 2 is 1.86 bits per heavy atom. The van der Waals surface area contributed by atoms with E-state index in [0.29, 0.717) is 23.3 Å². The number of anilines is 1. The molecule has 1 amide bonds. The number of carbonyl (C=O) groups is 1. The standard InChI is InChI=1S/C23H23N3O2/c27-23(18-5-3-17(4-6-18)22-13-24-14-28-22)26-19-9-7-16(8-10-19)20-11-21(20)25-12-15-1-2-15/h3-10,13-15,20-21,25H,1-2,11-12H2,(H,26,27)/t20-,21+/m0/s1. The Kier molecular flexibility index (Phi) is 4.45. The van der Waals surface area contributed by atoms with Crippen LogP contribution in [0.4, 0.5) is 5.69 Å². The van der Waals surface area contributed by atoms with Crippen molar-refractivity contribution in [2.75, 3.05) is 11.9 Å². The minimum Gasteiger partial charge on any atom is -0.444 e. The average Bonchev–Trinajstić information content (AvgIpc) is 3.64. The highest BCUT2D eigenvalue weighted by Gasteiger charge is 2.38. The van der Waals surface area contributed by atoms with E-state index in [1.54, 1.807) is 18.3 Å². The Bertz CT molecular complexity index is 945. The van der Waals surface area contributed by atoms with E-state index in [1.165, 1.54) is 37.8 Å². The van der Waals surface area contributed by atoms with E-state index in [4.69, 9.17) is 4.42 Å². The van der Waals surface area contributed by atoms with E-state index >= 15 is 0 Å². The molecule has 5 rings (SSSR count). The summed E-state index contributed by atoms with van der Waals surface area (Å²) < 4.78 is 5.27. The third kappa shape index (κ3) is 3.85. The summed E-state index contributed by atoms with van der Waals surface area (Å²) in [6, 6.07) is 16.2. The van der Waals surface area contributed by atoms with Crippen molar-refractivity contribution < 1.29 is 9.21 Å².